The molecule has 0 aliphatic heterocycles. The second-order valence-corrected chi connectivity index (χ2v) is 4.66. The molecule has 0 bridgehead atoms. The Bertz CT molecular complexity index is 680. The van der Waals surface area contributed by atoms with E-state index >= 15 is 0 Å². The topological polar surface area (TPSA) is 75.2 Å². The van der Waals surface area contributed by atoms with Gasteiger partial charge in [-0.05, 0) is 25.1 Å². The number of aromatic amines is 1. The predicted molar refractivity (Wildman–Crippen MR) is 71.5 cm³/mol. The molecule has 8 heteroatoms. The SMILES string of the molecule is Cc1ccc(OCCC(=O)O)c(-c2cc(C(F)(F)F)[nH]n2)c1. The van der Waals surface area contributed by atoms with Crippen molar-refractivity contribution in [1.82, 2.24) is 10.2 Å². The minimum atomic E-state index is -4.51. The van der Waals surface area contributed by atoms with Crippen molar-refractivity contribution in [2.45, 2.75) is 19.5 Å². The molecule has 22 heavy (non-hydrogen) atoms. The first-order valence-corrected chi connectivity index (χ1v) is 6.35. The van der Waals surface area contributed by atoms with Crippen LogP contribution in [-0.4, -0.2) is 27.9 Å². The number of hydrogen-bond acceptors (Lipinski definition) is 3. The van der Waals surface area contributed by atoms with Crippen LogP contribution in [0.25, 0.3) is 11.3 Å². The number of halogens is 3. The zero-order valence-electron chi connectivity index (χ0n) is 11.6. The molecule has 0 fully saturated rings. The quantitative estimate of drug-likeness (QED) is 0.888. The van der Waals surface area contributed by atoms with Crippen molar-refractivity contribution < 1.29 is 27.8 Å². The van der Waals surface area contributed by atoms with E-state index < -0.39 is 17.8 Å². The van der Waals surface area contributed by atoms with Crippen LogP contribution in [0.2, 0.25) is 0 Å². The van der Waals surface area contributed by atoms with Gasteiger partial charge in [0, 0.05) is 5.56 Å². The number of carboxylic acids is 1. The lowest BCUT2D eigenvalue weighted by Crippen LogP contribution is -2.05. The number of aromatic nitrogens is 2. The highest BCUT2D eigenvalue weighted by Crippen LogP contribution is 2.34. The Hall–Kier alpha value is -2.51. The van der Waals surface area contributed by atoms with Crippen molar-refractivity contribution in [2.24, 2.45) is 0 Å². The van der Waals surface area contributed by atoms with Gasteiger partial charge in [0.05, 0.1) is 18.7 Å². The molecule has 0 aliphatic rings. The van der Waals surface area contributed by atoms with Gasteiger partial charge in [0.15, 0.2) is 0 Å². The highest BCUT2D eigenvalue weighted by Gasteiger charge is 2.33. The summed E-state index contributed by atoms with van der Waals surface area (Å²) in [4.78, 5) is 10.5. The van der Waals surface area contributed by atoms with Gasteiger partial charge in [-0.15, -0.1) is 0 Å². The molecule has 0 aliphatic carbocycles. The lowest BCUT2D eigenvalue weighted by atomic mass is 10.1. The number of aliphatic carboxylic acids is 1. The predicted octanol–water partition coefficient (Wildman–Crippen LogP) is 3.26. The van der Waals surface area contributed by atoms with Gasteiger partial charge in [0.25, 0.3) is 0 Å². The van der Waals surface area contributed by atoms with Gasteiger partial charge in [0.2, 0.25) is 0 Å². The van der Waals surface area contributed by atoms with Crippen LogP contribution in [-0.2, 0) is 11.0 Å². The van der Waals surface area contributed by atoms with Crippen LogP contribution in [0.5, 0.6) is 5.75 Å². The summed E-state index contributed by atoms with van der Waals surface area (Å²) in [6.07, 6.45) is -4.72. The first-order chi connectivity index (χ1) is 10.3. The van der Waals surface area contributed by atoms with E-state index in [4.69, 9.17) is 9.84 Å². The summed E-state index contributed by atoms with van der Waals surface area (Å²) >= 11 is 0. The molecule has 118 valence electrons. The number of carbonyl (C=O) groups is 1. The Balaban J connectivity index is 2.30. The summed E-state index contributed by atoms with van der Waals surface area (Å²) in [6, 6.07) is 5.82. The highest BCUT2D eigenvalue weighted by molar-refractivity contribution is 5.69. The van der Waals surface area contributed by atoms with E-state index in [0.29, 0.717) is 5.56 Å². The molecule has 0 saturated heterocycles. The van der Waals surface area contributed by atoms with Gasteiger partial charge >= 0.3 is 12.1 Å². The molecule has 0 unspecified atom stereocenters. The van der Waals surface area contributed by atoms with E-state index in [-0.39, 0.29) is 24.5 Å². The molecule has 0 saturated carbocycles. The Morgan fingerprint density at radius 2 is 2.09 bits per heavy atom. The van der Waals surface area contributed by atoms with Crippen LogP contribution in [0.4, 0.5) is 13.2 Å². The summed E-state index contributed by atoms with van der Waals surface area (Å²) in [5.74, 6) is -0.736. The Morgan fingerprint density at radius 3 is 2.68 bits per heavy atom. The standard InChI is InChI=1S/C14H13F3N2O3/c1-8-2-3-11(22-5-4-13(20)21)9(6-8)10-7-12(19-18-10)14(15,16)17/h2-3,6-7H,4-5H2,1H3,(H,18,19)(H,20,21). The second-order valence-electron chi connectivity index (χ2n) is 4.66. The molecular weight excluding hydrogens is 301 g/mol. The number of nitrogens with zero attached hydrogens (tertiary/aromatic N) is 1. The fourth-order valence-corrected chi connectivity index (χ4v) is 1.82. The maximum absolute atomic E-state index is 12.6. The Labute approximate surface area is 123 Å². The summed E-state index contributed by atoms with van der Waals surface area (Å²) in [5.41, 5.74) is 0.316. The third-order valence-corrected chi connectivity index (χ3v) is 2.87. The molecule has 5 nitrogen and oxygen atoms in total. The number of benzene rings is 1. The molecule has 2 N–H and O–H groups in total. The third kappa shape index (κ3) is 3.78. The zero-order valence-corrected chi connectivity index (χ0v) is 11.6. The molecule has 1 heterocycles. The van der Waals surface area contributed by atoms with E-state index in [1.54, 1.807) is 25.1 Å². The largest absolute Gasteiger partial charge is 0.492 e. The van der Waals surface area contributed by atoms with E-state index in [0.717, 1.165) is 11.6 Å². The highest BCUT2D eigenvalue weighted by atomic mass is 19.4. The van der Waals surface area contributed by atoms with Crippen LogP contribution in [0.3, 0.4) is 0 Å². The van der Waals surface area contributed by atoms with Gasteiger partial charge in [-0.3, -0.25) is 9.89 Å². The summed E-state index contributed by atoms with van der Waals surface area (Å²) in [7, 11) is 0. The van der Waals surface area contributed by atoms with Crippen LogP contribution in [0.15, 0.2) is 24.3 Å². The van der Waals surface area contributed by atoms with Gasteiger partial charge in [0.1, 0.15) is 11.4 Å². The van der Waals surface area contributed by atoms with E-state index in [1.807, 2.05) is 5.10 Å². The molecule has 1 aromatic heterocycles. The average molecular weight is 314 g/mol. The van der Waals surface area contributed by atoms with E-state index in [1.165, 1.54) is 0 Å². The molecule has 0 spiro atoms. The number of ether oxygens (including phenoxy) is 1. The number of carboxylic acid groups (broad SMARTS) is 1. The van der Waals surface area contributed by atoms with Crippen molar-refractivity contribution in [1.29, 1.82) is 0 Å². The second kappa shape index (κ2) is 6.08. The number of nitrogens with one attached hydrogen (secondary N) is 1. The lowest BCUT2D eigenvalue weighted by molar-refractivity contribution is -0.141. The Morgan fingerprint density at radius 1 is 1.36 bits per heavy atom. The number of H-pyrrole nitrogens is 1. The fraction of sp³-hybridized carbons (Fsp3) is 0.286. The van der Waals surface area contributed by atoms with Crippen molar-refractivity contribution in [3.05, 3.63) is 35.5 Å². The summed E-state index contributed by atoms with van der Waals surface area (Å²) in [6.45, 7) is 1.70. The van der Waals surface area contributed by atoms with E-state index in [2.05, 4.69) is 5.10 Å². The molecule has 2 aromatic rings. The van der Waals surface area contributed by atoms with Crippen molar-refractivity contribution in [3.8, 4) is 17.0 Å². The van der Waals surface area contributed by atoms with E-state index in [9.17, 15) is 18.0 Å². The van der Waals surface area contributed by atoms with Crippen molar-refractivity contribution >= 4 is 5.97 Å². The van der Waals surface area contributed by atoms with Crippen LogP contribution in [0, 0.1) is 6.92 Å². The molecule has 0 radical (unpaired) electrons. The van der Waals surface area contributed by atoms with Gasteiger partial charge in [-0.1, -0.05) is 11.6 Å². The summed E-state index contributed by atoms with van der Waals surface area (Å²) < 4.78 is 43.2. The molecule has 0 amide bonds. The number of aryl methyl sites for hydroxylation is 1. The molecule has 1 aromatic carbocycles. The van der Waals surface area contributed by atoms with Crippen LogP contribution < -0.4 is 4.74 Å². The van der Waals surface area contributed by atoms with Crippen LogP contribution >= 0.6 is 0 Å². The number of rotatable bonds is 5. The average Bonchev–Trinajstić information content (AvgIpc) is 2.89. The zero-order chi connectivity index (χ0) is 16.3. The summed E-state index contributed by atoms with van der Waals surface area (Å²) in [5, 5.41) is 14.2. The minimum absolute atomic E-state index is 0.0814. The first kappa shape index (κ1) is 15.9. The molecular formula is C14H13F3N2O3. The molecule has 0 atom stereocenters. The molecule has 2 rings (SSSR count). The number of hydrogen-bond donors (Lipinski definition) is 2. The smallest absolute Gasteiger partial charge is 0.432 e. The fourth-order valence-electron chi connectivity index (χ4n) is 1.82. The monoisotopic (exact) mass is 314 g/mol. The normalized spacial score (nSPS) is 11.5. The van der Waals surface area contributed by atoms with Gasteiger partial charge < -0.3 is 9.84 Å². The maximum atomic E-state index is 12.6. The lowest BCUT2D eigenvalue weighted by Gasteiger charge is -2.10. The maximum Gasteiger partial charge on any atom is 0.432 e. The first-order valence-electron chi connectivity index (χ1n) is 6.35. The van der Waals surface area contributed by atoms with Gasteiger partial charge in [-0.2, -0.15) is 18.3 Å². The van der Waals surface area contributed by atoms with Crippen molar-refractivity contribution in [2.75, 3.05) is 6.61 Å². The van der Waals surface area contributed by atoms with Crippen LogP contribution in [0.1, 0.15) is 17.7 Å². The third-order valence-electron chi connectivity index (χ3n) is 2.87. The van der Waals surface area contributed by atoms with Crippen molar-refractivity contribution in [3.63, 3.8) is 0 Å². The number of alkyl halides is 3. The van der Waals surface area contributed by atoms with Gasteiger partial charge in [-0.25, -0.2) is 0 Å². The minimum Gasteiger partial charge on any atom is -0.492 e. The Kier molecular flexibility index (Phi) is 4.39.